The summed E-state index contributed by atoms with van der Waals surface area (Å²) in [5.41, 5.74) is 1.88. The molecule has 1 heterocycles. The average molecular weight is 474 g/mol. The van der Waals surface area contributed by atoms with Crippen molar-refractivity contribution in [3.63, 3.8) is 0 Å². The van der Waals surface area contributed by atoms with Gasteiger partial charge in [0.15, 0.2) is 0 Å². The fourth-order valence-electron chi connectivity index (χ4n) is 2.55. The summed E-state index contributed by atoms with van der Waals surface area (Å²) >= 11 is 4.11. The second-order valence-corrected chi connectivity index (χ2v) is 7.95. The maximum absolute atomic E-state index is 12.6. The van der Waals surface area contributed by atoms with Gasteiger partial charge in [0, 0.05) is 17.1 Å². The lowest BCUT2D eigenvalue weighted by Crippen LogP contribution is -2.36. The third-order valence-electron chi connectivity index (χ3n) is 3.85. The van der Waals surface area contributed by atoms with E-state index in [4.69, 9.17) is 0 Å². The van der Waals surface area contributed by atoms with E-state index < -0.39 is 17.1 Å². The fourth-order valence-corrected chi connectivity index (χ4v) is 3.77. The number of hydrogen-bond donors (Lipinski definition) is 2. The van der Waals surface area contributed by atoms with Gasteiger partial charge < -0.3 is 10.6 Å². The molecule has 2 aromatic carbocycles. The van der Waals surface area contributed by atoms with Crippen LogP contribution >= 0.6 is 27.7 Å². The van der Waals surface area contributed by atoms with Gasteiger partial charge in [-0.25, -0.2) is 0 Å². The number of amides is 4. The first kappa shape index (κ1) is 20.8. The first-order valence-electron chi connectivity index (χ1n) is 8.51. The Morgan fingerprint density at radius 2 is 1.76 bits per heavy atom. The highest BCUT2D eigenvalue weighted by atomic mass is 79.9. The fraction of sp³-hybridized carbons (Fsp3) is 0.100. The molecule has 0 unspecified atom stereocenters. The van der Waals surface area contributed by atoms with Crippen LogP contribution in [0.15, 0.2) is 57.9 Å². The van der Waals surface area contributed by atoms with Gasteiger partial charge in [-0.2, -0.15) is 0 Å². The number of para-hydroxylation sites is 1. The number of nitrogens with one attached hydrogen (secondary N) is 2. The zero-order valence-corrected chi connectivity index (χ0v) is 17.7. The van der Waals surface area contributed by atoms with Crippen molar-refractivity contribution in [2.45, 2.75) is 6.92 Å². The van der Waals surface area contributed by atoms with Crippen LogP contribution in [0.25, 0.3) is 6.08 Å². The van der Waals surface area contributed by atoms with E-state index >= 15 is 0 Å². The van der Waals surface area contributed by atoms with Crippen molar-refractivity contribution >= 4 is 68.1 Å². The number of anilines is 2. The number of nitrogens with zero attached hydrogens (tertiary/aromatic N) is 1. The molecule has 0 aliphatic carbocycles. The van der Waals surface area contributed by atoms with E-state index in [-0.39, 0.29) is 17.4 Å². The van der Waals surface area contributed by atoms with Crippen LogP contribution in [0.5, 0.6) is 0 Å². The quantitative estimate of drug-likeness (QED) is 0.637. The normalized spacial score (nSPS) is 15.0. The largest absolute Gasteiger partial charge is 0.326 e. The van der Waals surface area contributed by atoms with Crippen molar-refractivity contribution in [3.05, 3.63) is 63.5 Å². The SMILES string of the molecule is CC(=O)Nc1ccc(/C=C2\SC(=O)N(CC(=O)Nc3ccccc3Br)C2=O)cc1. The molecular formula is C20H16BrN3O4S. The van der Waals surface area contributed by atoms with Crippen LogP contribution in [0.1, 0.15) is 12.5 Å². The van der Waals surface area contributed by atoms with Crippen molar-refractivity contribution in [2.24, 2.45) is 0 Å². The molecular weight excluding hydrogens is 458 g/mol. The van der Waals surface area contributed by atoms with Gasteiger partial charge in [0.1, 0.15) is 6.54 Å². The number of benzene rings is 2. The van der Waals surface area contributed by atoms with Crippen molar-refractivity contribution in [3.8, 4) is 0 Å². The van der Waals surface area contributed by atoms with Crippen LogP contribution in [0, 0.1) is 0 Å². The minimum absolute atomic E-state index is 0.181. The van der Waals surface area contributed by atoms with Gasteiger partial charge in [0.25, 0.3) is 11.1 Å². The van der Waals surface area contributed by atoms with E-state index in [1.807, 2.05) is 6.07 Å². The molecule has 1 saturated heterocycles. The summed E-state index contributed by atoms with van der Waals surface area (Å²) in [6.07, 6.45) is 1.58. The van der Waals surface area contributed by atoms with E-state index in [9.17, 15) is 19.2 Å². The predicted octanol–water partition coefficient (Wildman–Crippen LogP) is 4.08. The van der Waals surface area contributed by atoms with Crippen LogP contribution in [0.3, 0.4) is 0 Å². The molecule has 0 radical (unpaired) electrons. The van der Waals surface area contributed by atoms with E-state index in [0.717, 1.165) is 16.7 Å². The van der Waals surface area contributed by atoms with Crippen molar-refractivity contribution in [1.82, 2.24) is 4.90 Å². The molecule has 0 aromatic heterocycles. The Bertz CT molecular complexity index is 1020. The number of rotatable bonds is 5. The molecule has 0 atom stereocenters. The second-order valence-electron chi connectivity index (χ2n) is 6.10. The predicted molar refractivity (Wildman–Crippen MR) is 116 cm³/mol. The Morgan fingerprint density at radius 1 is 1.07 bits per heavy atom. The van der Waals surface area contributed by atoms with E-state index in [0.29, 0.717) is 21.4 Å². The highest BCUT2D eigenvalue weighted by molar-refractivity contribution is 9.10. The molecule has 1 fully saturated rings. The first-order chi connectivity index (χ1) is 13.8. The highest BCUT2D eigenvalue weighted by Crippen LogP contribution is 2.32. The first-order valence-corrected chi connectivity index (χ1v) is 10.1. The zero-order chi connectivity index (χ0) is 21.0. The average Bonchev–Trinajstić information content (AvgIpc) is 2.92. The van der Waals surface area contributed by atoms with Gasteiger partial charge in [0.05, 0.1) is 10.6 Å². The molecule has 1 aliphatic rings. The van der Waals surface area contributed by atoms with Gasteiger partial charge in [-0.15, -0.1) is 0 Å². The number of carbonyl (C=O) groups excluding carboxylic acids is 4. The molecule has 4 amide bonds. The van der Waals surface area contributed by atoms with E-state index in [1.165, 1.54) is 6.92 Å². The van der Waals surface area contributed by atoms with Gasteiger partial charge in [0.2, 0.25) is 11.8 Å². The molecule has 7 nitrogen and oxygen atoms in total. The van der Waals surface area contributed by atoms with E-state index in [2.05, 4.69) is 26.6 Å². The van der Waals surface area contributed by atoms with E-state index in [1.54, 1.807) is 48.5 Å². The van der Waals surface area contributed by atoms with Crippen LogP contribution in [0.4, 0.5) is 16.2 Å². The van der Waals surface area contributed by atoms with Crippen LogP contribution in [-0.4, -0.2) is 34.4 Å². The number of thioether (sulfide) groups is 1. The van der Waals surface area contributed by atoms with Crippen molar-refractivity contribution in [2.75, 3.05) is 17.2 Å². The lowest BCUT2D eigenvalue weighted by molar-refractivity contribution is -0.127. The lowest BCUT2D eigenvalue weighted by Gasteiger charge is -2.13. The third-order valence-corrected chi connectivity index (χ3v) is 5.45. The summed E-state index contributed by atoms with van der Waals surface area (Å²) in [6.45, 7) is 1.04. The smallest absolute Gasteiger partial charge is 0.294 e. The standard InChI is InChI=1S/C20H16BrN3O4S/c1-12(25)22-14-8-6-13(7-9-14)10-17-19(27)24(20(28)29-17)11-18(26)23-16-5-3-2-4-15(16)21/h2-10H,11H2,1H3,(H,22,25)(H,23,26)/b17-10-. The Morgan fingerprint density at radius 3 is 2.41 bits per heavy atom. The highest BCUT2D eigenvalue weighted by Gasteiger charge is 2.36. The van der Waals surface area contributed by atoms with Gasteiger partial charge in [-0.05, 0) is 63.6 Å². The van der Waals surface area contributed by atoms with Gasteiger partial charge in [-0.1, -0.05) is 24.3 Å². The Balaban J connectivity index is 1.67. The Kier molecular flexibility index (Phi) is 6.50. The minimum atomic E-state index is -0.520. The van der Waals surface area contributed by atoms with Crippen molar-refractivity contribution in [1.29, 1.82) is 0 Å². The molecule has 2 aromatic rings. The molecule has 148 valence electrons. The molecule has 0 spiro atoms. The van der Waals surface area contributed by atoms with Crippen LogP contribution in [-0.2, 0) is 14.4 Å². The monoisotopic (exact) mass is 473 g/mol. The number of halogens is 1. The summed E-state index contributed by atoms with van der Waals surface area (Å²) in [5, 5.41) is 4.82. The molecule has 3 rings (SSSR count). The number of carbonyl (C=O) groups is 4. The summed E-state index contributed by atoms with van der Waals surface area (Å²) in [4.78, 5) is 49.2. The summed E-state index contributed by atoms with van der Waals surface area (Å²) in [5.74, 6) is -1.17. The second kappa shape index (κ2) is 9.06. The zero-order valence-electron chi connectivity index (χ0n) is 15.3. The molecule has 0 saturated carbocycles. The molecule has 2 N–H and O–H groups in total. The molecule has 9 heteroatoms. The van der Waals surface area contributed by atoms with Crippen LogP contribution < -0.4 is 10.6 Å². The maximum atomic E-state index is 12.6. The van der Waals surface area contributed by atoms with Crippen molar-refractivity contribution < 1.29 is 19.2 Å². The number of imide groups is 1. The molecule has 1 aliphatic heterocycles. The van der Waals surface area contributed by atoms with Crippen LogP contribution in [0.2, 0.25) is 0 Å². The Labute approximate surface area is 179 Å². The van der Waals surface area contributed by atoms with Gasteiger partial charge >= 0.3 is 0 Å². The van der Waals surface area contributed by atoms with Gasteiger partial charge in [-0.3, -0.25) is 24.1 Å². The summed E-state index contributed by atoms with van der Waals surface area (Å²) < 4.78 is 0.699. The maximum Gasteiger partial charge on any atom is 0.294 e. The minimum Gasteiger partial charge on any atom is -0.326 e. The topological polar surface area (TPSA) is 95.6 Å². The summed E-state index contributed by atoms with van der Waals surface area (Å²) in [7, 11) is 0. The molecule has 29 heavy (non-hydrogen) atoms. The third kappa shape index (κ3) is 5.33. The molecule has 0 bridgehead atoms. The lowest BCUT2D eigenvalue weighted by atomic mass is 10.2. The Hall–Kier alpha value is -2.91. The summed E-state index contributed by atoms with van der Waals surface area (Å²) in [6, 6.07) is 13.9. The number of hydrogen-bond acceptors (Lipinski definition) is 5.